The summed E-state index contributed by atoms with van der Waals surface area (Å²) in [4.78, 5) is 16.7. The zero-order valence-corrected chi connectivity index (χ0v) is 10.6. The number of rotatable bonds is 8. The van der Waals surface area contributed by atoms with Crippen LogP contribution in [0.3, 0.4) is 0 Å². The van der Waals surface area contributed by atoms with Crippen LogP contribution in [0.2, 0.25) is 0 Å². The van der Waals surface area contributed by atoms with Gasteiger partial charge in [0.2, 0.25) is 6.29 Å². The molecule has 1 aliphatic heterocycles. The van der Waals surface area contributed by atoms with E-state index in [4.69, 9.17) is 15.3 Å². The average molecular weight is 244 g/mol. The first-order valence-corrected chi connectivity index (χ1v) is 6.57. The third kappa shape index (κ3) is 6.00. The van der Waals surface area contributed by atoms with E-state index in [1.165, 1.54) is 0 Å². The summed E-state index contributed by atoms with van der Waals surface area (Å²) in [6.45, 7) is 2.79. The molecule has 17 heavy (non-hydrogen) atoms. The molecule has 5 nitrogen and oxygen atoms in total. The quantitative estimate of drug-likeness (QED) is 0.499. The Bertz CT molecular complexity index is 224. The van der Waals surface area contributed by atoms with Crippen molar-refractivity contribution in [3.05, 3.63) is 0 Å². The van der Waals surface area contributed by atoms with Gasteiger partial charge in [0.15, 0.2) is 0 Å². The van der Waals surface area contributed by atoms with Crippen molar-refractivity contribution < 1.29 is 14.4 Å². The van der Waals surface area contributed by atoms with E-state index in [0.29, 0.717) is 13.0 Å². The number of carbonyl (C=O) groups excluding carboxylic acids is 1. The summed E-state index contributed by atoms with van der Waals surface area (Å²) in [6.07, 6.45) is 5.77. The highest BCUT2D eigenvalue weighted by molar-refractivity contribution is 5.69. The number of esters is 1. The van der Waals surface area contributed by atoms with Crippen molar-refractivity contribution in [2.75, 3.05) is 6.54 Å². The molecule has 0 amide bonds. The van der Waals surface area contributed by atoms with Crippen molar-refractivity contribution in [2.24, 2.45) is 5.73 Å². The van der Waals surface area contributed by atoms with Gasteiger partial charge in [-0.05, 0) is 25.8 Å². The molecule has 1 saturated heterocycles. The SMILES string of the molecule is CCCCCC(=O)OC1CC(CCCN)NO1. The number of hydroxylamine groups is 1. The topological polar surface area (TPSA) is 73.6 Å². The van der Waals surface area contributed by atoms with Crippen LogP contribution in [-0.4, -0.2) is 24.8 Å². The molecule has 1 aliphatic rings. The predicted octanol–water partition coefficient (Wildman–Crippen LogP) is 1.47. The second-order valence-electron chi connectivity index (χ2n) is 4.48. The molecule has 0 aromatic carbocycles. The van der Waals surface area contributed by atoms with Gasteiger partial charge < -0.3 is 10.5 Å². The van der Waals surface area contributed by atoms with E-state index >= 15 is 0 Å². The zero-order chi connectivity index (χ0) is 12.5. The van der Waals surface area contributed by atoms with E-state index in [1.54, 1.807) is 0 Å². The molecule has 0 aromatic rings. The van der Waals surface area contributed by atoms with Gasteiger partial charge in [-0.25, -0.2) is 0 Å². The van der Waals surface area contributed by atoms with Crippen LogP contribution in [0.1, 0.15) is 51.9 Å². The molecule has 0 bridgehead atoms. The first kappa shape index (κ1) is 14.4. The maximum Gasteiger partial charge on any atom is 0.308 e. The Morgan fingerprint density at radius 1 is 1.47 bits per heavy atom. The van der Waals surface area contributed by atoms with Crippen molar-refractivity contribution in [2.45, 2.75) is 64.2 Å². The summed E-state index contributed by atoms with van der Waals surface area (Å²) in [5, 5.41) is 0. The van der Waals surface area contributed by atoms with E-state index < -0.39 is 6.29 Å². The van der Waals surface area contributed by atoms with Gasteiger partial charge in [-0.15, -0.1) is 0 Å². The Kier molecular flexibility index (Phi) is 7.16. The number of nitrogens with two attached hydrogens (primary N) is 1. The second kappa shape index (κ2) is 8.44. The molecule has 5 heteroatoms. The minimum Gasteiger partial charge on any atom is -0.434 e. The smallest absolute Gasteiger partial charge is 0.308 e. The molecular formula is C12H24N2O3. The molecule has 2 unspecified atom stereocenters. The maximum atomic E-state index is 11.4. The normalized spacial score (nSPS) is 23.9. The zero-order valence-electron chi connectivity index (χ0n) is 10.6. The average Bonchev–Trinajstić information content (AvgIpc) is 2.74. The number of hydrogen-bond donors (Lipinski definition) is 2. The summed E-state index contributed by atoms with van der Waals surface area (Å²) in [5.74, 6) is -0.162. The Morgan fingerprint density at radius 2 is 2.29 bits per heavy atom. The third-order valence-electron chi connectivity index (χ3n) is 2.85. The van der Waals surface area contributed by atoms with Gasteiger partial charge in [0.25, 0.3) is 0 Å². The molecule has 1 fully saturated rings. The standard InChI is InChI=1S/C12H24N2O3/c1-2-3-4-7-11(15)16-12-9-10(14-17-12)6-5-8-13/h10,12,14H,2-9,13H2,1H3. The highest BCUT2D eigenvalue weighted by atomic mass is 16.8. The van der Waals surface area contributed by atoms with Gasteiger partial charge in [0, 0.05) is 18.9 Å². The fourth-order valence-corrected chi connectivity index (χ4v) is 1.84. The van der Waals surface area contributed by atoms with Crippen LogP contribution >= 0.6 is 0 Å². The van der Waals surface area contributed by atoms with Crippen LogP contribution in [0, 0.1) is 0 Å². The number of hydrogen-bond acceptors (Lipinski definition) is 5. The number of carbonyl (C=O) groups is 1. The number of nitrogens with one attached hydrogen (secondary N) is 1. The van der Waals surface area contributed by atoms with Crippen molar-refractivity contribution in [3.63, 3.8) is 0 Å². The van der Waals surface area contributed by atoms with Crippen LogP contribution in [0.15, 0.2) is 0 Å². The van der Waals surface area contributed by atoms with E-state index in [0.717, 1.165) is 38.5 Å². The number of ether oxygens (including phenoxy) is 1. The van der Waals surface area contributed by atoms with E-state index in [1.807, 2.05) is 0 Å². The summed E-state index contributed by atoms with van der Waals surface area (Å²) >= 11 is 0. The van der Waals surface area contributed by atoms with E-state index in [9.17, 15) is 4.79 Å². The van der Waals surface area contributed by atoms with Crippen LogP contribution < -0.4 is 11.2 Å². The molecule has 0 aliphatic carbocycles. The highest BCUT2D eigenvalue weighted by Gasteiger charge is 2.27. The van der Waals surface area contributed by atoms with Gasteiger partial charge in [-0.1, -0.05) is 19.8 Å². The van der Waals surface area contributed by atoms with Gasteiger partial charge >= 0.3 is 5.97 Å². The van der Waals surface area contributed by atoms with E-state index in [-0.39, 0.29) is 12.0 Å². The second-order valence-corrected chi connectivity index (χ2v) is 4.48. The van der Waals surface area contributed by atoms with E-state index in [2.05, 4.69) is 12.4 Å². The first-order valence-electron chi connectivity index (χ1n) is 6.57. The molecule has 100 valence electrons. The van der Waals surface area contributed by atoms with Gasteiger partial charge in [-0.3, -0.25) is 9.63 Å². The molecule has 1 rings (SSSR count). The van der Waals surface area contributed by atoms with Crippen molar-refractivity contribution >= 4 is 5.97 Å². The summed E-state index contributed by atoms with van der Waals surface area (Å²) in [7, 11) is 0. The van der Waals surface area contributed by atoms with Crippen LogP contribution in [-0.2, 0) is 14.4 Å². The maximum absolute atomic E-state index is 11.4. The molecule has 2 atom stereocenters. The highest BCUT2D eigenvalue weighted by Crippen LogP contribution is 2.16. The fourth-order valence-electron chi connectivity index (χ4n) is 1.84. The number of unbranched alkanes of at least 4 members (excludes halogenated alkanes) is 2. The van der Waals surface area contributed by atoms with Gasteiger partial charge in [0.1, 0.15) is 0 Å². The first-order chi connectivity index (χ1) is 8.26. The lowest BCUT2D eigenvalue weighted by Gasteiger charge is -2.09. The Morgan fingerprint density at radius 3 is 3.00 bits per heavy atom. The van der Waals surface area contributed by atoms with Crippen LogP contribution in [0.4, 0.5) is 0 Å². The third-order valence-corrected chi connectivity index (χ3v) is 2.85. The molecule has 3 N–H and O–H groups in total. The summed E-state index contributed by atoms with van der Waals surface area (Å²) < 4.78 is 5.21. The molecular weight excluding hydrogens is 220 g/mol. The molecule has 0 radical (unpaired) electrons. The van der Waals surface area contributed by atoms with Gasteiger partial charge in [-0.2, -0.15) is 5.48 Å². The van der Waals surface area contributed by atoms with Crippen LogP contribution in [0.5, 0.6) is 0 Å². The summed E-state index contributed by atoms with van der Waals surface area (Å²) in [5.41, 5.74) is 8.32. The van der Waals surface area contributed by atoms with Gasteiger partial charge in [0.05, 0.1) is 0 Å². The molecule has 1 heterocycles. The Labute approximate surface area is 103 Å². The molecule has 0 aromatic heterocycles. The monoisotopic (exact) mass is 244 g/mol. The van der Waals surface area contributed by atoms with Crippen molar-refractivity contribution in [1.82, 2.24) is 5.48 Å². The lowest BCUT2D eigenvalue weighted by molar-refractivity contribution is -0.178. The molecule has 0 spiro atoms. The lowest BCUT2D eigenvalue weighted by Crippen LogP contribution is -2.21. The fraction of sp³-hybridized carbons (Fsp3) is 0.917. The molecule has 0 saturated carbocycles. The Balaban J connectivity index is 2.10. The minimum absolute atomic E-state index is 0.162. The minimum atomic E-state index is -0.424. The van der Waals surface area contributed by atoms with Crippen molar-refractivity contribution in [1.29, 1.82) is 0 Å². The predicted molar refractivity (Wildman–Crippen MR) is 64.9 cm³/mol. The van der Waals surface area contributed by atoms with Crippen LogP contribution in [0.25, 0.3) is 0 Å². The Hall–Kier alpha value is -0.650. The van der Waals surface area contributed by atoms with Crippen molar-refractivity contribution in [3.8, 4) is 0 Å². The summed E-state index contributed by atoms with van der Waals surface area (Å²) in [6, 6.07) is 0.256. The largest absolute Gasteiger partial charge is 0.434 e. The lowest BCUT2D eigenvalue weighted by atomic mass is 10.1.